The number of amides is 4. The number of nitrogens with one attached hydrogen (secondary N) is 4. The summed E-state index contributed by atoms with van der Waals surface area (Å²) in [7, 11) is 2.21. The van der Waals surface area contributed by atoms with Crippen molar-refractivity contribution in [3.05, 3.63) is 41.8 Å². The number of carboxylic acid groups (broad SMARTS) is 1. The highest BCUT2D eigenvalue weighted by Crippen LogP contribution is 2.46. The number of carbonyl (C=O) groups is 4. The summed E-state index contributed by atoms with van der Waals surface area (Å²) in [5.41, 5.74) is 0.247. The van der Waals surface area contributed by atoms with E-state index < -0.39 is 69.7 Å². The Balaban J connectivity index is 1.19. The largest absolute Gasteiger partial charge is 0.497 e. The van der Waals surface area contributed by atoms with Crippen molar-refractivity contribution in [2.75, 3.05) is 46.7 Å². The van der Waals surface area contributed by atoms with Gasteiger partial charge >= 0.3 is 12.0 Å². The molecule has 0 radical (unpaired) electrons. The molecule has 18 nitrogen and oxygen atoms in total. The van der Waals surface area contributed by atoms with Gasteiger partial charge in [0.2, 0.25) is 11.8 Å². The molecule has 2 unspecified atom stereocenters. The molecule has 6 atom stereocenters. The van der Waals surface area contributed by atoms with E-state index in [1.165, 1.54) is 41.7 Å². The number of nitrogens with zero attached hydrogens (tertiary/aromatic N) is 5. The fourth-order valence-electron chi connectivity index (χ4n) is 9.43. The summed E-state index contributed by atoms with van der Waals surface area (Å²) >= 11 is 1.45. The molecule has 4 aliphatic rings. The van der Waals surface area contributed by atoms with Crippen LogP contribution in [0.4, 0.5) is 9.93 Å². The summed E-state index contributed by atoms with van der Waals surface area (Å²) in [6.45, 7) is 4.06. The van der Waals surface area contributed by atoms with E-state index in [1.54, 1.807) is 25.3 Å². The summed E-state index contributed by atoms with van der Waals surface area (Å²) < 4.78 is 40.8. The van der Waals surface area contributed by atoms with Gasteiger partial charge in [0.15, 0.2) is 5.13 Å². The second kappa shape index (κ2) is 20.9. The van der Waals surface area contributed by atoms with Gasteiger partial charge in [-0.1, -0.05) is 44.3 Å². The normalized spacial score (nSPS) is 25.3. The van der Waals surface area contributed by atoms with Gasteiger partial charge in [-0.15, -0.1) is 11.3 Å². The minimum absolute atomic E-state index is 0.0264. The quantitative estimate of drug-likeness (QED) is 0.129. The third-order valence-electron chi connectivity index (χ3n) is 13.2. The first-order valence-corrected chi connectivity index (χ1v) is 25.4. The molecule has 4 amide bonds. The number of benzene rings is 1. The number of urea groups is 1. The minimum Gasteiger partial charge on any atom is -0.497 e. The molecule has 66 heavy (non-hydrogen) atoms. The Morgan fingerprint density at radius 3 is 2.48 bits per heavy atom. The number of methoxy groups -OCH3 is 1. The summed E-state index contributed by atoms with van der Waals surface area (Å²) in [6, 6.07) is 4.06. The molecule has 360 valence electrons. The van der Waals surface area contributed by atoms with Crippen LogP contribution in [0.15, 0.2) is 41.8 Å². The number of thiazole rings is 1. The van der Waals surface area contributed by atoms with Gasteiger partial charge < -0.3 is 40.7 Å². The summed E-state index contributed by atoms with van der Waals surface area (Å²) in [5.74, 6) is -1.60. The number of hydrogen-bond acceptors (Lipinski definition) is 12. The Kier molecular flexibility index (Phi) is 15.4. The smallest absolute Gasteiger partial charge is 0.330 e. The van der Waals surface area contributed by atoms with E-state index >= 15 is 4.79 Å². The van der Waals surface area contributed by atoms with Crippen LogP contribution in [0.3, 0.4) is 0 Å². The number of allylic oxidation sites excluding steroid dienone is 1. The maximum absolute atomic E-state index is 15.0. The molecular weight excluding hydrogens is 887 g/mol. The fraction of sp³-hybridized carbons (Fsp3) is 0.609. The standard InChI is InChI=1S/C46H65N9O9S2/c1-28(2)47-45-51-38(27-65-45)36-23-40(33-20-19-31(63-6)21-35(33)48-36)64-32-22-39-41(56)52-46(43(58)59)24-30(46)17-13-8-7-9-14-18-34(42(57)55(39)25-32)49-44(60)50-37(29-15-11-10-12-16-29)26-54(5)66(61,62)53(3)4/h13,17,19-21,23,27-30,32,34,37,39H,7-12,14-16,18,22,24-26H2,1-6H3,(H,47,51)(H,52,56)(H,58,59)(H2,49,50,60)/b17-13-/t30?,32-,34+,37?,39+,46-/m1/s1. The predicted molar refractivity (Wildman–Crippen MR) is 253 cm³/mol. The van der Waals surface area contributed by atoms with Crippen LogP contribution in [-0.2, 0) is 24.6 Å². The zero-order chi connectivity index (χ0) is 47.3. The Bertz CT molecular complexity index is 2390. The molecule has 0 bridgehead atoms. The lowest BCUT2D eigenvalue weighted by molar-refractivity contribution is -0.145. The predicted octanol–water partition coefficient (Wildman–Crippen LogP) is 5.37. The van der Waals surface area contributed by atoms with Crippen molar-refractivity contribution in [2.24, 2.45) is 11.8 Å². The molecule has 2 aliphatic heterocycles. The first-order chi connectivity index (χ1) is 31.5. The zero-order valence-electron chi connectivity index (χ0n) is 38.7. The van der Waals surface area contributed by atoms with Crippen molar-refractivity contribution in [2.45, 2.75) is 127 Å². The van der Waals surface area contributed by atoms with E-state index in [2.05, 4.69) is 21.3 Å². The number of likely N-dealkylation sites (N-methyl/N-ethyl adjacent to an activating group) is 1. The van der Waals surface area contributed by atoms with E-state index in [1.807, 2.05) is 37.4 Å². The van der Waals surface area contributed by atoms with Crippen molar-refractivity contribution >= 4 is 61.4 Å². The number of rotatable bonds is 14. The van der Waals surface area contributed by atoms with Crippen LogP contribution in [0.25, 0.3) is 22.3 Å². The number of hydrogen-bond donors (Lipinski definition) is 5. The fourth-order valence-corrected chi connectivity index (χ4v) is 11.2. The molecule has 20 heteroatoms. The van der Waals surface area contributed by atoms with Gasteiger partial charge in [-0.2, -0.15) is 17.0 Å². The zero-order valence-corrected chi connectivity index (χ0v) is 40.4. The van der Waals surface area contributed by atoms with Gasteiger partial charge in [-0.05, 0) is 70.4 Å². The van der Waals surface area contributed by atoms with E-state index in [9.17, 15) is 27.9 Å². The number of pyridine rings is 1. The van der Waals surface area contributed by atoms with Gasteiger partial charge in [0.05, 0.1) is 24.9 Å². The number of carbonyl (C=O) groups excluding carboxylic acids is 3. The van der Waals surface area contributed by atoms with Crippen LogP contribution in [0.5, 0.6) is 11.5 Å². The second-order valence-corrected chi connectivity index (χ2v) is 21.7. The maximum atomic E-state index is 15.0. The lowest BCUT2D eigenvalue weighted by Gasteiger charge is -2.35. The Morgan fingerprint density at radius 1 is 1.03 bits per heavy atom. The number of anilines is 1. The molecule has 3 aromatic rings. The van der Waals surface area contributed by atoms with Crippen molar-refractivity contribution in [3.8, 4) is 22.9 Å². The summed E-state index contributed by atoms with van der Waals surface area (Å²) in [6.07, 6.45) is 11.1. The lowest BCUT2D eigenvalue weighted by atomic mass is 9.84. The van der Waals surface area contributed by atoms with Crippen LogP contribution in [0.2, 0.25) is 0 Å². The van der Waals surface area contributed by atoms with E-state index in [0.717, 1.165) is 54.4 Å². The van der Waals surface area contributed by atoms with E-state index in [-0.39, 0.29) is 44.3 Å². The molecule has 1 aromatic carbocycles. The molecule has 2 saturated carbocycles. The second-order valence-electron chi connectivity index (χ2n) is 18.6. The summed E-state index contributed by atoms with van der Waals surface area (Å²) in [4.78, 5) is 67.4. The number of ether oxygens (including phenoxy) is 2. The molecule has 5 N–H and O–H groups in total. The number of aliphatic carboxylic acids is 1. The average Bonchev–Trinajstić information content (AvgIpc) is 3.54. The number of aromatic nitrogens is 2. The minimum atomic E-state index is -3.77. The number of fused-ring (bicyclic) bond motifs is 3. The lowest BCUT2D eigenvalue weighted by Crippen LogP contribution is -2.59. The molecule has 1 saturated heterocycles. The van der Waals surface area contributed by atoms with E-state index in [0.29, 0.717) is 46.6 Å². The molecular formula is C46H65N9O9S2. The molecule has 4 heterocycles. The monoisotopic (exact) mass is 951 g/mol. The van der Waals surface area contributed by atoms with Gasteiger partial charge in [0, 0.05) is 75.0 Å². The number of carboxylic acids is 1. The third kappa shape index (κ3) is 11.2. The molecule has 0 spiro atoms. The summed E-state index contributed by atoms with van der Waals surface area (Å²) in [5, 5.41) is 25.9. The third-order valence-corrected chi connectivity index (χ3v) is 15.9. The van der Waals surface area contributed by atoms with Gasteiger partial charge in [0.1, 0.15) is 40.9 Å². The van der Waals surface area contributed by atoms with Crippen LogP contribution >= 0.6 is 11.3 Å². The van der Waals surface area contributed by atoms with Crippen LogP contribution in [0, 0.1) is 11.8 Å². The highest BCUT2D eigenvalue weighted by atomic mass is 32.2. The van der Waals surface area contributed by atoms with Crippen LogP contribution < -0.4 is 30.7 Å². The highest BCUT2D eigenvalue weighted by molar-refractivity contribution is 7.86. The van der Waals surface area contributed by atoms with E-state index in [4.69, 9.17) is 19.4 Å². The average molecular weight is 952 g/mol. The first-order valence-electron chi connectivity index (χ1n) is 23.1. The topological polar surface area (TPSA) is 225 Å². The molecule has 3 fully saturated rings. The van der Waals surface area contributed by atoms with Gasteiger partial charge in [-0.25, -0.2) is 19.6 Å². The van der Waals surface area contributed by atoms with Crippen molar-refractivity contribution in [3.63, 3.8) is 0 Å². The van der Waals surface area contributed by atoms with Crippen LogP contribution in [-0.4, -0.2) is 138 Å². The van der Waals surface area contributed by atoms with Crippen molar-refractivity contribution < 1.29 is 42.2 Å². The Hall–Kier alpha value is -5.05. The van der Waals surface area contributed by atoms with Gasteiger partial charge in [-0.3, -0.25) is 9.59 Å². The molecule has 7 rings (SSSR count). The first kappa shape index (κ1) is 48.9. The molecule has 2 aromatic heterocycles. The maximum Gasteiger partial charge on any atom is 0.330 e. The SMILES string of the molecule is COc1ccc2c(O[C@@H]3C[C@H]4C(=O)N[C@]5(C(=O)O)CC5/C=C\CCCCC[C@H](NC(=O)NC(CN(C)S(=O)(=O)N(C)C)C5CCCCC5)C(=O)N4C3)cc(-c3csc(NC(C)C)n3)nc2c1. The Labute approximate surface area is 391 Å². The molecule has 2 aliphatic carbocycles. The van der Waals surface area contributed by atoms with Gasteiger partial charge in [0.25, 0.3) is 10.2 Å². The Morgan fingerprint density at radius 2 is 1.77 bits per heavy atom. The van der Waals surface area contributed by atoms with Crippen molar-refractivity contribution in [1.29, 1.82) is 0 Å². The highest BCUT2D eigenvalue weighted by Gasteiger charge is 2.61. The van der Waals surface area contributed by atoms with Crippen molar-refractivity contribution in [1.82, 2.24) is 39.4 Å². The van der Waals surface area contributed by atoms with Crippen LogP contribution in [0.1, 0.15) is 90.9 Å².